The van der Waals surface area contributed by atoms with Gasteiger partial charge in [-0.2, -0.15) is 0 Å². The minimum absolute atomic E-state index is 0.0968. The zero-order chi connectivity index (χ0) is 20.2. The number of carbonyl (C=O) groups excluding carboxylic acids is 2. The number of hydrogen-bond acceptors (Lipinski definition) is 3. The monoisotopic (exact) mass is 374 g/mol. The summed E-state index contributed by atoms with van der Waals surface area (Å²) in [6, 6.07) is 8.07. The summed E-state index contributed by atoms with van der Waals surface area (Å²) in [6.45, 7) is 9.17. The Morgan fingerprint density at radius 2 is 1.89 bits per heavy atom. The maximum atomic E-state index is 13.0. The van der Waals surface area contributed by atoms with Crippen LogP contribution in [0.4, 0.5) is 0 Å². The van der Waals surface area contributed by atoms with Gasteiger partial charge in [-0.1, -0.05) is 32.9 Å². The molecule has 150 valence electrons. The van der Waals surface area contributed by atoms with E-state index in [2.05, 4.69) is 6.92 Å². The van der Waals surface area contributed by atoms with Crippen LogP contribution >= 0.6 is 0 Å². The van der Waals surface area contributed by atoms with E-state index in [1.54, 1.807) is 7.11 Å². The fourth-order valence-corrected chi connectivity index (χ4v) is 3.58. The van der Waals surface area contributed by atoms with Crippen molar-refractivity contribution in [2.24, 2.45) is 11.3 Å². The normalized spacial score (nSPS) is 18.7. The first kappa shape index (κ1) is 21.3. The number of nitrogens with zero attached hydrogens (tertiary/aromatic N) is 2. The molecule has 0 spiro atoms. The van der Waals surface area contributed by atoms with Crippen molar-refractivity contribution in [3.8, 4) is 5.75 Å². The van der Waals surface area contributed by atoms with Crippen LogP contribution < -0.4 is 4.74 Å². The van der Waals surface area contributed by atoms with Crippen LogP contribution in [0.2, 0.25) is 0 Å². The van der Waals surface area contributed by atoms with Gasteiger partial charge in [0.25, 0.3) is 0 Å². The Bertz CT molecular complexity index is 649. The van der Waals surface area contributed by atoms with Gasteiger partial charge in [-0.05, 0) is 43.9 Å². The molecule has 1 fully saturated rings. The molecule has 0 aromatic heterocycles. The number of carbonyl (C=O) groups is 2. The molecule has 0 bridgehead atoms. The molecule has 0 unspecified atom stereocenters. The lowest BCUT2D eigenvalue weighted by molar-refractivity contribution is -0.145. The maximum Gasteiger partial charge on any atom is 0.227 e. The first-order valence-electron chi connectivity index (χ1n) is 9.82. The molecule has 1 aromatic rings. The smallest absolute Gasteiger partial charge is 0.227 e. The molecule has 2 atom stereocenters. The van der Waals surface area contributed by atoms with Crippen LogP contribution in [0.3, 0.4) is 0 Å². The van der Waals surface area contributed by atoms with Gasteiger partial charge in [0, 0.05) is 31.6 Å². The van der Waals surface area contributed by atoms with Crippen LogP contribution in [0.25, 0.3) is 0 Å². The third kappa shape index (κ3) is 5.47. The third-order valence-electron chi connectivity index (χ3n) is 5.40. The van der Waals surface area contributed by atoms with Crippen molar-refractivity contribution in [3.63, 3.8) is 0 Å². The Morgan fingerprint density at radius 1 is 1.26 bits per heavy atom. The van der Waals surface area contributed by atoms with E-state index in [-0.39, 0.29) is 23.8 Å². The van der Waals surface area contributed by atoms with Crippen molar-refractivity contribution in [1.29, 1.82) is 0 Å². The number of likely N-dealkylation sites (N-methyl/N-ethyl adjacent to an activating group) is 1. The molecular weight excluding hydrogens is 340 g/mol. The Hall–Kier alpha value is -2.04. The van der Waals surface area contributed by atoms with E-state index in [4.69, 9.17) is 4.74 Å². The summed E-state index contributed by atoms with van der Waals surface area (Å²) in [7, 11) is 3.53. The van der Waals surface area contributed by atoms with Crippen molar-refractivity contribution in [2.45, 2.75) is 53.0 Å². The van der Waals surface area contributed by atoms with Gasteiger partial charge in [-0.15, -0.1) is 0 Å². The highest BCUT2D eigenvalue weighted by Crippen LogP contribution is 2.25. The van der Waals surface area contributed by atoms with Crippen LogP contribution in [-0.2, 0) is 16.0 Å². The van der Waals surface area contributed by atoms with Gasteiger partial charge in [0.2, 0.25) is 11.8 Å². The first-order valence-corrected chi connectivity index (χ1v) is 9.82. The van der Waals surface area contributed by atoms with Gasteiger partial charge < -0.3 is 14.5 Å². The fraction of sp³-hybridized carbons (Fsp3) is 0.636. The standard InChI is InChI=1S/C22H34N2O3/c1-16(14-17-9-11-19(27-6)12-10-17)23(5)20(25)18-8-7-13-24(15-18)21(26)22(2,3)4/h9-12,16,18H,7-8,13-15H2,1-6H3/t16-,18-/m0/s1. The molecule has 0 radical (unpaired) electrons. The summed E-state index contributed by atoms with van der Waals surface area (Å²) in [6.07, 6.45) is 2.54. The Morgan fingerprint density at radius 3 is 2.44 bits per heavy atom. The molecule has 2 rings (SSSR count). The largest absolute Gasteiger partial charge is 0.497 e. The number of rotatable bonds is 5. The van der Waals surface area contributed by atoms with Crippen molar-refractivity contribution >= 4 is 11.8 Å². The predicted octanol–water partition coefficient (Wildman–Crippen LogP) is 3.37. The fourth-order valence-electron chi connectivity index (χ4n) is 3.58. The number of amides is 2. The average molecular weight is 375 g/mol. The van der Waals surface area contributed by atoms with E-state index in [0.717, 1.165) is 31.6 Å². The van der Waals surface area contributed by atoms with Crippen molar-refractivity contribution in [1.82, 2.24) is 9.80 Å². The van der Waals surface area contributed by atoms with Crippen molar-refractivity contribution < 1.29 is 14.3 Å². The summed E-state index contributed by atoms with van der Waals surface area (Å²) in [5.74, 6) is 1.01. The molecule has 2 amide bonds. The van der Waals surface area contributed by atoms with Gasteiger partial charge in [-0.3, -0.25) is 9.59 Å². The first-order chi connectivity index (χ1) is 12.6. The third-order valence-corrected chi connectivity index (χ3v) is 5.40. The SMILES string of the molecule is COc1ccc(C[C@H](C)N(C)C(=O)[C@H]2CCCN(C(=O)C(C)(C)C)C2)cc1. The summed E-state index contributed by atoms with van der Waals surface area (Å²) >= 11 is 0. The summed E-state index contributed by atoms with van der Waals surface area (Å²) < 4.78 is 5.20. The summed E-state index contributed by atoms with van der Waals surface area (Å²) in [5.41, 5.74) is 0.773. The number of benzene rings is 1. The molecule has 27 heavy (non-hydrogen) atoms. The van der Waals surface area contributed by atoms with Crippen molar-refractivity contribution in [3.05, 3.63) is 29.8 Å². The maximum absolute atomic E-state index is 13.0. The van der Waals surface area contributed by atoms with Gasteiger partial charge in [0.15, 0.2) is 0 Å². The van der Waals surface area contributed by atoms with Crippen LogP contribution in [0, 0.1) is 11.3 Å². The van der Waals surface area contributed by atoms with Crippen molar-refractivity contribution in [2.75, 3.05) is 27.2 Å². The molecule has 5 nitrogen and oxygen atoms in total. The summed E-state index contributed by atoms with van der Waals surface area (Å²) in [5, 5.41) is 0. The van der Waals surface area contributed by atoms with Crippen LogP contribution in [-0.4, -0.2) is 54.9 Å². The zero-order valence-electron chi connectivity index (χ0n) is 17.6. The van der Waals surface area contributed by atoms with Crippen LogP contribution in [0.15, 0.2) is 24.3 Å². The van der Waals surface area contributed by atoms with Gasteiger partial charge in [0.05, 0.1) is 13.0 Å². The van der Waals surface area contributed by atoms with Gasteiger partial charge >= 0.3 is 0 Å². The lowest BCUT2D eigenvalue weighted by Crippen LogP contribution is -2.50. The molecule has 1 aliphatic heterocycles. The van der Waals surface area contributed by atoms with Gasteiger partial charge in [-0.25, -0.2) is 0 Å². The highest BCUT2D eigenvalue weighted by Gasteiger charge is 2.35. The van der Waals surface area contributed by atoms with Gasteiger partial charge in [0.1, 0.15) is 5.75 Å². The van der Waals surface area contributed by atoms with E-state index in [9.17, 15) is 9.59 Å². The second-order valence-corrected chi connectivity index (χ2v) is 8.69. The van der Waals surface area contributed by atoms with Crippen LogP contribution in [0.1, 0.15) is 46.1 Å². The number of hydrogen-bond donors (Lipinski definition) is 0. The number of likely N-dealkylation sites (tertiary alicyclic amines) is 1. The number of ether oxygens (including phenoxy) is 1. The topological polar surface area (TPSA) is 49.9 Å². The number of piperidine rings is 1. The zero-order valence-corrected chi connectivity index (χ0v) is 17.6. The molecule has 1 aliphatic rings. The lowest BCUT2D eigenvalue weighted by atomic mass is 9.90. The molecule has 0 saturated carbocycles. The second-order valence-electron chi connectivity index (χ2n) is 8.69. The minimum Gasteiger partial charge on any atom is -0.497 e. The molecule has 1 saturated heterocycles. The molecule has 1 aromatic carbocycles. The Kier molecular flexibility index (Phi) is 6.90. The van der Waals surface area contributed by atoms with E-state index >= 15 is 0 Å². The van der Waals surface area contributed by atoms with E-state index in [1.807, 2.05) is 61.9 Å². The quantitative estimate of drug-likeness (QED) is 0.794. The summed E-state index contributed by atoms with van der Waals surface area (Å²) in [4.78, 5) is 29.3. The predicted molar refractivity (Wildman–Crippen MR) is 108 cm³/mol. The molecule has 5 heteroatoms. The second kappa shape index (κ2) is 8.77. The van der Waals surface area contributed by atoms with Crippen LogP contribution in [0.5, 0.6) is 5.75 Å². The van der Waals surface area contributed by atoms with E-state index in [0.29, 0.717) is 6.54 Å². The number of methoxy groups -OCH3 is 1. The minimum atomic E-state index is -0.404. The molecule has 0 N–H and O–H groups in total. The Balaban J connectivity index is 1.97. The highest BCUT2D eigenvalue weighted by molar-refractivity contribution is 5.84. The molecular formula is C22H34N2O3. The van der Waals surface area contributed by atoms with E-state index in [1.165, 1.54) is 5.56 Å². The molecule has 1 heterocycles. The molecule has 0 aliphatic carbocycles. The van der Waals surface area contributed by atoms with E-state index < -0.39 is 5.41 Å². The lowest BCUT2D eigenvalue weighted by Gasteiger charge is -2.38. The average Bonchev–Trinajstić information content (AvgIpc) is 2.66. The highest BCUT2D eigenvalue weighted by atomic mass is 16.5. The Labute approximate surface area is 163 Å².